The molecule has 30 heavy (non-hydrogen) atoms. The number of nitrogens with zero attached hydrogens (tertiary/aromatic N) is 1. The Hall–Kier alpha value is -3.39. The standard InChI is InChI=1S/C22H27N3O5/c23-13-14-25(22(28)30-16-18-9-5-2-6-10-18)19(11-12-20(24)26)21(27)29-15-17-7-3-1-4-8-17/h1-10,19H,11-16,23H2,(H2,24,26). The molecule has 1 atom stereocenters. The van der Waals surface area contributed by atoms with Crippen molar-refractivity contribution in [3.05, 3.63) is 71.8 Å². The Bertz CT molecular complexity index is 814. The highest BCUT2D eigenvalue weighted by Gasteiger charge is 2.32. The molecule has 0 radical (unpaired) electrons. The summed E-state index contributed by atoms with van der Waals surface area (Å²) in [6, 6.07) is 17.3. The third-order valence-electron chi connectivity index (χ3n) is 4.35. The Morgan fingerprint density at radius 2 is 1.40 bits per heavy atom. The number of esters is 1. The molecule has 0 spiro atoms. The van der Waals surface area contributed by atoms with Crippen LogP contribution in [0.1, 0.15) is 24.0 Å². The first-order valence-electron chi connectivity index (χ1n) is 9.67. The maximum atomic E-state index is 12.8. The van der Waals surface area contributed by atoms with E-state index in [0.717, 1.165) is 11.1 Å². The summed E-state index contributed by atoms with van der Waals surface area (Å²) in [5.41, 5.74) is 12.5. The van der Waals surface area contributed by atoms with Gasteiger partial charge in [-0.3, -0.25) is 9.69 Å². The smallest absolute Gasteiger partial charge is 0.410 e. The zero-order chi connectivity index (χ0) is 21.8. The molecule has 0 aliphatic rings. The van der Waals surface area contributed by atoms with Crippen LogP contribution in [0.5, 0.6) is 0 Å². The molecule has 0 bridgehead atoms. The van der Waals surface area contributed by atoms with Crippen LogP contribution in [0.3, 0.4) is 0 Å². The van der Waals surface area contributed by atoms with Crippen molar-refractivity contribution < 1.29 is 23.9 Å². The van der Waals surface area contributed by atoms with Crippen LogP contribution in [0.15, 0.2) is 60.7 Å². The second-order valence-corrected chi connectivity index (χ2v) is 6.64. The van der Waals surface area contributed by atoms with E-state index in [1.807, 2.05) is 60.7 Å². The van der Waals surface area contributed by atoms with E-state index in [9.17, 15) is 14.4 Å². The molecule has 8 heteroatoms. The SMILES string of the molecule is NCCN(C(=O)OCc1ccccc1)C(CCC(N)=O)C(=O)OCc1ccccc1. The molecule has 1 unspecified atom stereocenters. The number of carbonyl (C=O) groups is 3. The summed E-state index contributed by atoms with van der Waals surface area (Å²) >= 11 is 0. The molecule has 0 heterocycles. The van der Waals surface area contributed by atoms with Crippen molar-refractivity contribution >= 4 is 18.0 Å². The van der Waals surface area contributed by atoms with E-state index in [0.29, 0.717) is 0 Å². The van der Waals surface area contributed by atoms with Crippen LogP contribution >= 0.6 is 0 Å². The fourth-order valence-electron chi connectivity index (χ4n) is 2.82. The minimum atomic E-state index is -1.03. The van der Waals surface area contributed by atoms with Gasteiger partial charge >= 0.3 is 12.1 Å². The number of nitrogens with two attached hydrogens (primary N) is 2. The van der Waals surface area contributed by atoms with E-state index < -0.39 is 24.0 Å². The van der Waals surface area contributed by atoms with Crippen LogP contribution in [0.25, 0.3) is 0 Å². The number of rotatable bonds is 11. The molecular weight excluding hydrogens is 386 g/mol. The van der Waals surface area contributed by atoms with Crippen molar-refractivity contribution in [2.24, 2.45) is 11.5 Å². The Morgan fingerprint density at radius 3 is 1.90 bits per heavy atom. The molecule has 0 aliphatic heterocycles. The van der Waals surface area contributed by atoms with Crippen molar-refractivity contribution in [2.45, 2.75) is 32.1 Å². The van der Waals surface area contributed by atoms with Gasteiger partial charge in [-0.2, -0.15) is 0 Å². The summed E-state index contributed by atoms with van der Waals surface area (Å²) in [7, 11) is 0. The minimum absolute atomic E-state index is 0.0173. The second kappa shape index (κ2) is 12.2. The molecule has 0 fully saturated rings. The summed E-state index contributed by atoms with van der Waals surface area (Å²) in [6.45, 7) is 0.265. The fraction of sp³-hybridized carbons (Fsp3) is 0.318. The molecule has 0 aromatic heterocycles. The lowest BCUT2D eigenvalue weighted by atomic mass is 10.1. The Balaban J connectivity index is 2.08. The number of benzene rings is 2. The highest BCUT2D eigenvalue weighted by atomic mass is 16.6. The first-order valence-corrected chi connectivity index (χ1v) is 9.67. The van der Waals surface area contributed by atoms with Crippen molar-refractivity contribution in [3.8, 4) is 0 Å². The monoisotopic (exact) mass is 413 g/mol. The van der Waals surface area contributed by atoms with Crippen molar-refractivity contribution in [3.63, 3.8) is 0 Å². The van der Waals surface area contributed by atoms with Crippen molar-refractivity contribution in [2.75, 3.05) is 13.1 Å². The summed E-state index contributed by atoms with van der Waals surface area (Å²) in [5, 5.41) is 0. The van der Waals surface area contributed by atoms with Crippen LogP contribution in [-0.2, 0) is 32.3 Å². The number of hydrogen-bond acceptors (Lipinski definition) is 6. The topological polar surface area (TPSA) is 125 Å². The summed E-state index contributed by atoms with van der Waals surface area (Å²) in [5.74, 6) is -1.23. The molecule has 4 N–H and O–H groups in total. The van der Waals surface area contributed by atoms with E-state index in [4.69, 9.17) is 20.9 Å². The molecule has 160 valence electrons. The van der Waals surface area contributed by atoms with Crippen LogP contribution in [-0.4, -0.2) is 42.0 Å². The maximum Gasteiger partial charge on any atom is 0.410 e. The predicted molar refractivity (Wildman–Crippen MR) is 111 cm³/mol. The van der Waals surface area contributed by atoms with Gasteiger partial charge in [0.25, 0.3) is 0 Å². The van der Waals surface area contributed by atoms with E-state index >= 15 is 0 Å². The van der Waals surface area contributed by atoms with E-state index in [1.54, 1.807) is 0 Å². The molecular formula is C22H27N3O5. The van der Waals surface area contributed by atoms with Gasteiger partial charge in [-0.1, -0.05) is 60.7 Å². The van der Waals surface area contributed by atoms with Crippen LogP contribution in [0.2, 0.25) is 0 Å². The van der Waals surface area contributed by atoms with Gasteiger partial charge in [-0.05, 0) is 17.5 Å². The van der Waals surface area contributed by atoms with Crippen LogP contribution in [0.4, 0.5) is 4.79 Å². The number of primary amides is 1. The molecule has 0 saturated carbocycles. The second-order valence-electron chi connectivity index (χ2n) is 6.64. The average Bonchev–Trinajstić information content (AvgIpc) is 2.76. The van der Waals surface area contributed by atoms with Crippen molar-refractivity contribution in [1.29, 1.82) is 0 Å². The van der Waals surface area contributed by atoms with Gasteiger partial charge in [-0.25, -0.2) is 9.59 Å². The van der Waals surface area contributed by atoms with E-state index in [-0.39, 0.29) is 39.1 Å². The molecule has 2 aromatic carbocycles. The van der Waals surface area contributed by atoms with E-state index in [2.05, 4.69) is 0 Å². The first-order chi connectivity index (χ1) is 14.5. The lowest BCUT2D eigenvalue weighted by Crippen LogP contribution is -2.48. The normalized spacial score (nSPS) is 11.4. The Morgan fingerprint density at radius 1 is 0.867 bits per heavy atom. The average molecular weight is 413 g/mol. The van der Waals surface area contributed by atoms with Gasteiger partial charge in [0.15, 0.2) is 0 Å². The minimum Gasteiger partial charge on any atom is -0.459 e. The van der Waals surface area contributed by atoms with E-state index in [1.165, 1.54) is 4.90 Å². The highest BCUT2D eigenvalue weighted by molar-refractivity contribution is 5.82. The zero-order valence-electron chi connectivity index (χ0n) is 16.7. The predicted octanol–water partition coefficient (Wildman–Crippen LogP) is 1.96. The molecule has 8 nitrogen and oxygen atoms in total. The third kappa shape index (κ3) is 7.56. The zero-order valence-corrected chi connectivity index (χ0v) is 16.7. The first kappa shape index (κ1) is 22.9. The highest BCUT2D eigenvalue weighted by Crippen LogP contribution is 2.14. The number of carbonyl (C=O) groups excluding carboxylic acids is 3. The molecule has 2 amide bonds. The molecule has 2 rings (SSSR count). The number of amides is 2. The summed E-state index contributed by atoms with van der Waals surface area (Å²) in [4.78, 5) is 37.9. The van der Waals surface area contributed by atoms with Gasteiger partial charge in [0, 0.05) is 19.5 Å². The number of hydrogen-bond donors (Lipinski definition) is 2. The lowest BCUT2D eigenvalue weighted by molar-refractivity contribution is -0.151. The Labute approximate surface area is 175 Å². The van der Waals surface area contributed by atoms with Gasteiger partial charge in [-0.15, -0.1) is 0 Å². The molecule has 0 aliphatic carbocycles. The Kier molecular flexibility index (Phi) is 9.33. The van der Waals surface area contributed by atoms with Gasteiger partial charge in [0.2, 0.25) is 5.91 Å². The third-order valence-corrected chi connectivity index (χ3v) is 4.35. The van der Waals surface area contributed by atoms with Gasteiger partial charge in [0.1, 0.15) is 19.3 Å². The van der Waals surface area contributed by atoms with Gasteiger partial charge < -0.3 is 20.9 Å². The molecule has 2 aromatic rings. The summed E-state index contributed by atoms with van der Waals surface area (Å²) < 4.78 is 10.7. The van der Waals surface area contributed by atoms with Crippen molar-refractivity contribution in [1.82, 2.24) is 4.90 Å². The number of ether oxygens (including phenoxy) is 2. The fourth-order valence-corrected chi connectivity index (χ4v) is 2.82. The maximum absolute atomic E-state index is 12.8. The molecule has 0 saturated heterocycles. The lowest BCUT2D eigenvalue weighted by Gasteiger charge is -2.29. The van der Waals surface area contributed by atoms with Crippen LogP contribution in [0, 0.1) is 0 Å². The van der Waals surface area contributed by atoms with Crippen LogP contribution < -0.4 is 11.5 Å². The quantitative estimate of drug-likeness (QED) is 0.543. The largest absolute Gasteiger partial charge is 0.459 e. The summed E-state index contributed by atoms with van der Waals surface area (Å²) in [6.07, 6.45) is -0.780. The van der Waals surface area contributed by atoms with Gasteiger partial charge in [0.05, 0.1) is 0 Å².